The zero-order chi connectivity index (χ0) is 13.4. The minimum Gasteiger partial charge on any atom is -0.414 e. The molecule has 1 amide bonds. The zero-order valence-corrected chi connectivity index (χ0v) is 10.8. The maximum atomic E-state index is 13.0. The topological polar surface area (TPSA) is 65.0 Å². The molecule has 18 heavy (non-hydrogen) atoms. The van der Waals surface area contributed by atoms with Gasteiger partial charge in [-0.05, 0) is 6.42 Å². The predicted molar refractivity (Wildman–Crippen MR) is 64.5 cm³/mol. The Balaban J connectivity index is 2.18. The summed E-state index contributed by atoms with van der Waals surface area (Å²) < 4.78 is 17.6. The Hall–Kier alpha value is -0.920. The van der Waals surface area contributed by atoms with Gasteiger partial charge in [0.05, 0.1) is 6.61 Å². The number of ether oxygens (including phenoxy) is 1. The molecule has 1 atom stereocenters. The minimum absolute atomic E-state index is 0.135. The van der Waals surface area contributed by atoms with E-state index in [0.29, 0.717) is 26.1 Å². The van der Waals surface area contributed by atoms with Crippen molar-refractivity contribution in [1.29, 1.82) is 0 Å². The summed E-state index contributed by atoms with van der Waals surface area (Å²) in [6.45, 7) is 5.40. The van der Waals surface area contributed by atoms with Gasteiger partial charge in [0, 0.05) is 39.1 Å². The van der Waals surface area contributed by atoms with Gasteiger partial charge in [-0.2, -0.15) is 0 Å². The highest BCUT2D eigenvalue weighted by molar-refractivity contribution is 5.66. The monoisotopic (exact) mass is 263 g/mol. The van der Waals surface area contributed by atoms with Gasteiger partial charge in [0.1, 0.15) is 0 Å². The molecular weight excluding hydrogens is 241 g/mol. The fourth-order valence-corrected chi connectivity index (χ4v) is 1.78. The first-order chi connectivity index (χ1) is 8.65. The van der Waals surface area contributed by atoms with Crippen molar-refractivity contribution in [3.63, 3.8) is 0 Å². The van der Waals surface area contributed by atoms with Crippen LogP contribution in [0.25, 0.3) is 0 Å². The molecule has 1 fully saturated rings. The largest absolute Gasteiger partial charge is 0.424 e. The molecule has 106 valence electrons. The Morgan fingerprint density at radius 1 is 1.44 bits per heavy atom. The third kappa shape index (κ3) is 5.61. The smallest absolute Gasteiger partial charge is 0.414 e. The highest BCUT2D eigenvalue weighted by Crippen LogP contribution is 2.04. The Morgan fingerprint density at radius 3 is 2.67 bits per heavy atom. The number of hydrogen-bond donors (Lipinski definition) is 2. The number of piperazine rings is 1. The number of carbonyl (C=O) groups is 1. The molecule has 1 heterocycles. The number of carbonyl (C=O) groups excluding carboxylic acids is 1. The number of rotatable bonds is 6. The second-order valence-corrected chi connectivity index (χ2v) is 4.27. The van der Waals surface area contributed by atoms with Crippen LogP contribution in [0.3, 0.4) is 0 Å². The van der Waals surface area contributed by atoms with Gasteiger partial charge < -0.3 is 9.84 Å². The van der Waals surface area contributed by atoms with Gasteiger partial charge in [0.2, 0.25) is 6.36 Å². The molecule has 1 unspecified atom stereocenters. The second kappa shape index (κ2) is 8.23. The van der Waals surface area contributed by atoms with Crippen LogP contribution in [0.5, 0.6) is 0 Å². The van der Waals surface area contributed by atoms with Crippen LogP contribution in [0.2, 0.25) is 0 Å². The molecule has 7 heteroatoms. The van der Waals surface area contributed by atoms with Crippen molar-refractivity contribution >= 4 is 6.09 Å². The predicted octanol–water partition coefficient (Wildman–Crippen LogP) is 0.333. The number of amides is 1. The van der Waals surface area contributed by atoms with E-state index in [9.17, 15) is 9.18 Å². The number of aliphatic hydroxyl groups excluding tert-OH is 1. The van der Waals surface area contributed by atoms with Gasteiger partial charge in [-0.3, -0.25) is 10.3 Å². The zero-order valence-electron chi connectivity index (χ0n) is 10.8. The number of nitrogens with zero attached hydrogens (tertiary/aromatic N) is 2. The Bertz CT molecular complexity index is 248. The number of nitrogens with one attached hydrogen (secondary N) is 1. The second-order valence-electron chi connectivity index (χ2n) is 4.27. The summed E-state index contributed by atoms with van der Waals surface area (Å²) >= 11 is 0. The van der Waals surface area contributed by atoms with Crippen LogP contribution < -0.4 is 5.43 Å². The van der Waals surface area contributed by atoms with Gasteiger partial charge in [-0.15, -0.1) is 0 Å². The Labute approximate surface area is 107 Å². The average molecular weight is 263 g/mol. The molecule has 0 aromatic heterocycles. The van der Waals surface area contributed by atoms with Crippen LogP contribution >= 0.6 is 0 Å². The summed E-state index contributed by atoms with van der Waals surface area (Å²) in [6, 6.07) is 0. The molecule has 1 aliphatic heterocycles. The fraction of sp³-hybridized carbons (Fsp3) is 0.909. The van der Waals surface area contributed by atoms with E-state index in [2.05, 4.69) is 15.1 Å². The molecule has 1 saturated heterocycles. The molecule has 0 aliphatic carbocycles. The standard InChI is InChI=1S/C11H22FN3O3/c1-2-3-10(12)18-11(17)13-15-6-4-14(5-7-15)8-9-16/h10,16H,2-9H2,1H3,(H,13,17). The van der Waals surface area contributed by atoms with Gasteiger partial charge in [0.25, 0.3) is 0 Å². The lowest BCUT2D eigenvalue weighted by Gasteiger charge is -2.33. The minimum atomic E-state index is -1.54. The van der Waals surface area contributed by atoms with E-state index in [4.69, 9.17) is 5.11 Å². The highest BCUT2D eigenvalue weighted by Gasteiger charge is 2.19. The lowest BCUT2D eigenvalue weighted by Crippen LogP contribution is -2.54. The number of alkyl halides is 1. The van der Waals surface area contributed by atoms with Crippen LogP contribution in [0.4, 0.5) is 9.18 Å². The summed E-state index contributed by atoms with van der Waals surface area (Å²) in [5, 5.41) is 10.5. The van der Waals surface area contributed by atoms with Gasteiger partial charge in [-0.25, -0.2) is 14.2 Å². The van der Waals surface area contributed by atoms with Crippen molar-refractivity contribution in [3.8, 4) is 0 Å². The van der Waals surface area contributed by atoms with Crippen LogP contribution in [-0.4, -0.2) is 66.8 Å². The maximum Gasteiger partial charge on any atom is 0.424 e. The van der Waals surface area contributed by atoms with E-state index in [0.717, 1.165) is 13.1 Å². The third-order valence-electron chi connectivity index (χ3n) is 2.79. The van der Waals surface area contributed by atoms with E-state index in [1.807, 2.05) is 6.92 Å². The normalized spacial score (nSPS) is 19.5. The first-order valence-electron chi connectivity index (χ1n) is 6.35. The van der Waals surface area contributed by atoms with Crippen LogP contribution in [-0.2, 0) is 4.74 Å². The third-order valence-corrected chi connectivity index (χ3v) is 2.79. The van der Waals surface area contributed by atoms with Crippen molar-refractivity contribution in [2.45, 2.75) is 26.1 Å². The molecule has 2 N–H and O–H groups in total. The van der Waals surface area contributed by atoms with Crippen molar-refractivity contribution in [2.75, 3.05) is 39.3 Å². The first-order valence-corrected chi connectivity index (χ1v) is 6.35. The van der Waals surface area contributed by atoms with E-state index in [1.54, 1.807) is 5.01 Å². The number of hydrazine groups is 1. The summed E-state index contributed by atoms with van der Waals surface area (Å²) in [7, 11) is 0. The number of β-amino-alcohol motifs (C(OH)–C–C–N with tert-alkyl or cyclic N) is 1. The number of halogens is 1. The SMILES string of the molecule is CCCC(F)OC(=O)NN1CCN(CCO)CC1. The van der Waals surface area contributed by atoms with Crippen molar-refractivity contribution in [1.82, 2.24) is 15.3 Å². The lowest BCUT2D eigenvalue weighted by atomic mass is 10.3. The van der Waals surface area contributed by atoms with Crippen LogP contribution in [0.15, 0.2) is 0 Å². The van der Waals surface area contributed by atoms with Crippen LogP contribution in [0.1, 0.15) is 19.8 Å². The molecular formula is C11H22FN3O3. The summed E-state index contributed by atoms with van der Waals surface area (Å²) in [4.78, 5) is 13.4. The Kier molecular flexibility index (Phi) is 6.92. The fourth-order valence-electron chi connectivity index (χ4n) is 1.78. The average Bonchev–Trinajstić information content (AvgIpc) is 2.32. The molecule has 0 radical (unpaired) electrons. The van der Waals surface area contributed by atoms with E-state index >= 15 is 0 Å². The van der Waals surface area contributed by atoms with E-state index in [-0.39, 0.29) is 13.0 Å². The Morgan fingerprint density at radius 2 is 2.11 bits per heavy atom. The molecule has 0 saturated carbocycles. The quantitative estimate of drug-likeness (QED) is 0.723. The van der Waals surface area contributed by atoms with Crippen LogP contribution in [0, 0.1) is 0 Å². The molecule has 1 aliphatic rings. The summed E-state index contributed by atoms with van der Waals surface area (Å²) in [5.74, 6) is 0. The number of aliphatic hydroxyl groups is 1. The molecule has 0 bridgehead atoms. The van der Waals surface area contributed by atoms with Crippen molar-refractivity contribution in [3.05, 3.63) is 0 Å². The highest BCUT2D eigenvalue weighted by atomic mass is 19.1. The van der Waals surface area contributed by atoms with Gasteiger partial charge in [0.15, 0.2) is 0 Å². The first kappa shape index (κ1) is 15.1. The van der Waals surface area contributed by atoms with E-state index < -0.39 is 12.5 Å². The van der Waals surface area contributed by atoms with E-state index in [1.165, 1.54) is 0 Å². The van der Waals surface area contributed by atoms with Crippen molar-refractivity contribution in [2.24, 2.45) is 0 Å². The molecule has 6 nitrogen and oxygen atoms in total. The summed E-state index contributed by atoms with van der Waals surface area (Å²) in [6.07, 6.45) is -1.43. The number of hydrogen-bond acceptors (Lipinski definition) is 5. The molecule has 0 spiro atoms. The molecule has 1 rings (SSSR count). The lowest BCUT2D eigenvalue weighted by molar-refractivity contribution is -0.00950. The van der Waals surface area contributed by atoms with Gasteiger partial charge in [-0.1, -0.05) is 6.92 Å². The van der Waals surface area contributed by atoms with Gasteiger partial charge >= 0.3 is 6.09 Å². The molecule has 0 aromatic rings. The summed E-state index contributed by atoms with van der Waals surface area (Å²) in [5.41, 5.74) is 2.51. The molecule has 0 aromatic carbocycles. The van der Waals surface area contributed by atoms with Crippen molar-refractivity contribution < 1.29 is 19.0 Å². The maximum absolute atomic E-state index is 13.0.